The van der Waals surface area contributed by atoms with E-state index in [0.29, 0.717) is 12.4 Å². The number of rotatable bonds is 9. The number of hydrogen-bond donors (Lipinski definition) is 1. The van der Waals surface area contributed by atoms with Crippen LogP contribution >= 0.6 is 0 Å². The van der Waals surface area contributed by atoms with Gasteiger partial charge in [0.05, 0.1) is 29.0 Å². The number of carbonyl (C=O) groups excluding carboxylic acids is 1. The van der Waals surface area contributed by atoms with Crippen molar-refractivity contribution in [3.63, 3.8) is 0 Å². The van der Waals surface area contributed by atoms with Gasteiger partial charge in [0, 0.05) is 5.56 Å². The zero-order chi connectivity index (χ0) is 25.5. The summed E-state index contributed by atoms with van der Waals surface area (Å²) in [6.07, 6.45) is -3.74. The van der Waals surface area contributed by atoms with E-state index in [-0.39, 0.29) is 16.1 Å². The van der Waals surface area contributed by atoms with Crippen molar-refractivity contribution in [2.45, 2.75) is 18.0 Å². The summed E-state index contributed by atoms with van der Waals surface area (Å²) in [6.45, 7) is 1.55. The molecule has 3 rings (SSSR count). The molecule has 0 heterocycles. The molecule has 0 aliphatic rings. The van der Waals surface area contributed by atoms with Crippen LogP contribution in [-0.4, -0.2) is 33.7 Å². The average molecular weight is 506 g/mol. The van der Waals surface area contributed by atoms with Crippen molar-refractivity contribution in [2.75, 3.05) is 17.5 Å². The summed E-state index contributed by atoms with van der Waals surface area (Å²) in [6, 6.07) is 18.4. The Morgan fingerprint density at radius 1 is 1.00 bits per heavy atom. The van der Waals surface area contributed by atoms with Crippen molar-refractivity contribution < 1.29 is 31.1 Å². The first-order valence-corrected chi connectivity index (χ1v) is 11.9. The number of halogens is 3. The van der Waals surface area contributed by atoms with Gasteiger partial charge in [0.1, 0.15) is 12.3 Å². The summed E-state index contributed by atoms with van der Waals surface area (Å²) < 4.78 is 72.3. The number of ether oxygens (including phenoxy) is 1. The molecule has 1 amide bonds. The first-order valence-electron chi connectivity index (χ1n) is 10.4. The van der Waals surface area contributed by atoms with Crippen molar-refractivity contribution >= 4 is 27.8 Å². The van der Waals surface area contributed by atoms with E-state index in [1.54, 1.807) is 25.1 Å². The molecule has 0 unspecified atom stereocenters. The number of benzene rings is 3. The largest absolute Gasteiger partial charge is 0.494 e. The van der Waals surface area contributed by atoms with E-state index in [2.05, 4.69) is 10.5 Å². The fourth-order valence-electron chi connectivity index (χ4n) is 3.12. The number of sulfonamides is 1. The van der Waals surface area contributed by atoms with Crippen LogP contribution in [0.3, 0.4) is 0 Å². The van der Waals surface area contributed by atoms with Crippen LogP contribution in [-0.2, 0) is 21.0 Å². The van der Waals surface area contributed by atoms with Gasteiger partial charge in [0.25, 0.3) is 15.9 Å². The maximum atomic E-state index is 13.3. The van der Waals surface area contributed by atoms with Crippen LogP contribution < -0.4 is 14.5 Å². The van der Waals surface area contributed by atoms with Crippen molar-refractivity contribution in [1.82, 2.24) is 5.43 Å². The molecular formula is C24H22F3N3O4S. The van der Waals surface area contributed by atoms with Crippen molar-refractivity contribution in [3.05, 3.63) is 90.0 Å². The minimum atomic E-state index is -4.59. The Morgan fingerprint density at radius 2 is 1.63 bits per heavy atom. The standard InChI is InChI=1S/C24H22F3N3O4S/c1-2-34-20-12-14-21(15-13-20)35(32,33)30(19-9-4-3-5-10-19)17-23(31)29-28-16-18-8-6-7-11-22(18)24(25,26)27/h3-16H,2,17H2,1H3,(H,29,31)/b28-16+. The van der Waals surface area contributed by atoms with E-state index in [0.717, 1.165) is 16.6 Å². The summed E-state index contributed by atoms with van der Waals surface area (Å²) in [5.41, 5.74) is 1.16. The highest BCUT2D eigenvalue weighted by Gasteiger charge is 2.32. The van der Waals surface area contributed by atoms with Crippen molar-refractivity contribution in [1.29, 1.82) is 0 Å². The monoisotopic (exact) mass is 505 g/mol. The first kappa shape index (κ1) is 25.8. The molecule has 7 nitrogen and oxygen atoms in total. The minimum Gasteiger partial charge on any atom is -0.494 e. The third-order valence-electron chi connectivity index (χ3n) is 4.71. The SMILES string of the molecule is CCOc1ccc(S(=O)(=O)N(CC(=O)N/N=C/c2ccccc2C(F)(F)F)c2ccccc2)cc1. The van der Waals surface area contributed by atoms with Crippen LogP contribution in [0.2, 0.25) is 0 Å². The highest BCUT2D eigenvalue weighted by molar-refractivity contribution is 7.92. The van der Waals surface area contributed by atoms with Crippen LogP contribution in [0.15, 0.2) is 88.9 Å². The van der Waals surface area contributed by atoms with Gasteiger partial charge < -0.3 is 4.74 Å². The topological polar surface area (TPSA) is 88.1 Å². The van der Waals surface area contributed by atoms with Gasteiger partial charge in [-0.3, -0.25) is 9.10 Å². The van der Waals surface area contributed by atoms with Crippen LogP contribution in [0.4, 0.5) is 18.9 Å². The molecule has 0 bridgehead atoms. The second-order valence-corrected chi connectivity index (χ2v) is 8.99. The molecule has 35 heavy (non-hydrogen) atoms. The fourth-order valence-corrected chi connectivity index (χ4v) is 4.54. The molecule has 1 N–H and O–H groups in total. The third kappa shape index (κ3) is 6.60. The Morgan fingerprint density at radius 3 is 2.26 bits per heavy atom. The minimum absolute atomic E-state index is 0.0692. The molecule has 3 aromatic carbocycles. The number of nitrogens with zero attached hydrogens (tertiary/aromatic N) is 2. The molecule has 0 aliphatic heterocycles. The van der Waals surface area contributed by atoms with Gasteiger partial charge in [0.2, 0.25) is 0 Å². The van der Waals surface area contributed by atoms with Gasteiger partial charge in [-0.2, -0.15) is 18.3 Å². The highest BCUT2D eigenvalue weighted by atomic mass is 32.2. The van der Waals surface area contributed by atoms with E-state index in [1.165, 1.54) is 54.6 Å². The summed E-state index contributed by atoms with van der Waals surface area (Å²) in [7, 11) is -4.17. The lowest BCUT2D eigenvalue weighted by Gasteiger charge is -2.23. The lowest BCUT2D eigenvalue weighted by molar-refractivity contribution is -0.137. The molecule has 11 heteroatoms. The molecule has 0 saturated carbocycles. The average Bonchev–Trinajstić information content (AvgIpc) is 2.83. The number of hydrazone groups is 1. The molecule has 3 aromatic rings. The maximum Gasteiger partial charge on any atom is 0.417 e. The number of para-hydroxylation sites is 1. The molecule has 0 fully saturated rings. The maximum absolute atomic E-state index is 13.3. The zero-order valence-corrected chi connectivity index (χ0v) is 19.4. The molecule has 0 atom stereocenters. The van der Waals surface area contributed by atoms with E-state index >= 15 is 0 Å². The number of nitrogens with one attached hydrogen (secondary N) is 1. The van der Waals surface area contributed by atoms with Crippen LogP contribution in [0.5, 0.6) is 5.75 Å². The van der Waals surface area contributed by atoms with Gasteiger partial charge in [-0.15, -0.1) is 0 Å². The quantitative estimate of drug-likeness (QED) is 0.344. The predicted molar refractivity (Wildman–Crippen MR) is 126 cm³/mol. The lowest BCUT2D eigenvalue weighted by Crippen LogP contribution is -2.39. The van der Waals surface area contributed by atoms with E-state index < -0.39 is 34.2 Å². The summed E-state index contributed by atoms with van der Waals surface area (Å²) >= 11 is 0. The Hall–Kier alpha value is -3.86. The van der Waals surface area contributed by atoms with Crippen LogP contribution in [0.25, 0.3) is 0 Å². The van der Waals surface area contributed by atoms with Crippen molar-refractivity contribution in [2.24, 2.45) is 5.10 Å². The molecule has 184 valence electrons. The highest BCUT2D eigenvalue weighted by Crippen LogP contribution is 2.31. The van der Waals surface area contributed by atoms with Gasteiger partial charge in [0.15, 0.2) is 0 Å². The summed E-state index contributed by atoms with van der Waals surface area (Å²) in [5.74, 6) is -0.354. The van der Waals surface area contributed by atoms with Gasteiger partial charge in [-0.25, -0.2) is 13.8 Å². The number of alkyl halides is 3. The predicted octanol–water partition coefficient (Wildman–Crippen LogP) is 4.45. The van der Waals surface area contributed by atoms with Gasteiger partial charge in [-0.1, -0.05) is 36.4 Å². The molecule has 0 spiro atoms. The van der Waals surface area contributed by atoms with E-state index in [4.69, 9.17) is 4.74 Å². The smallest absolute Gasteiger partial charge is 0.417 e. The molecular weight excluding hydrogens is 483 g/mol. The van der Waals surface area contributed by atoms with E-state index in [1.807, 2.05) is 0 Å². The van der Waals surface area contributed by atoms with E-state index in [9.17, 15) is 26.4 Å². The third-order valence-corrected chi connectivity index (χ3v) is 6.50. The fraction of sp³-hybridized carbons (Fsp3) is 0.167. The number of carbonyl (C=O) groups is 1. The number of hydrogen-bond acceptors (Lipinski definition) is 5. The lowest BCUT2D eigenvalue weighted by atomic mass is 10.1. The summed E-state index contributed by atoms with van der Waals surface area (Å²) in [5, 5.41) is 3.59. The zero-order valence-electron chi connectivity index (χ0n) is 18.6. The number of amides is 1. The van der Waals surface area contributed by atoms with Gasteiger partial charge in [-0.05, 0) is 49.4 Å². The number of anilines is 1. The Kier molecular flexibility index (Phi) is 8.13. The van der Waals surface area contributed by atoms with Crippen molar-refractivity contribution in [3.8, 4) is 5.75 Å². The normalized spacial score (nSPS) is 11.9. The Bertz CT molecular complexity index is 1280. The molecule has 0 aromatic heterocycles. The first-order chi connectivity index (χ1) is 16.6. The summed E-state index contributed by atoms with van der Waals surface area (Å²) in [4.78, 5) is 12.5. The molecule has 0 radical (unpaired) electrons. The van der Waals surface area contributed by atoms with Gasteiger partial charge >= 0.3 is 6.18 Å². The molecule has 0 aliphatic carbocycles. The van der Waals surface area contributed by atoms with Crippen LogP contribution in [0.1, 0.15) is 18.1 Å². The van der Waals surface area contributed by atoms with Crippen LogP contribution in [0, 0.1) is 0 Å². The Balaban J connectivity index is 1.82. The molecule has 0 saturated heterocycles. The second kappa shape index (κ2) is 11.0. The Labute approximate surface area is 200 Å². The second-order valence-electron chi connectivity index (χ2n) is 7.13.